The molecule has 2 rings (SSSR count). The maximum absolute atomic E-state index is 12.3. The molecule has 3 heteroatoms. The highest BCUT2D eigenvalue weighted by atomic mass is 32.2. The molecule has 0 saturated carbocycles. The van der Waals surface area contributed by atoms with Gasteiger partial charge in [0.2, 0.25) is 5.91 Å². The van der Waals surface area contributed by atoms with Gasteiger partial charge in [-0.3, -0.25) is 4.79 Å². The van der Waals surface area contributed by atoms with Gasteiger partial charge in [-0.05, 0) is 37.8 Å². The molecule has 0 aromatic heterocycles. The Morgan fingerprint density at radius 1 is 0.957 bits per heavy atom. The first-order chi connectivity index (χ1) is 11.1. The predicted octanol–water partition coefficient (Wildman–Crippen LogP) is 4.45. The van der Waals surface area contributed by atoms with E-state index in [0.717, 1.165) is 18.6 Å². The molecule has 0 bridgehead atoms. The summed E-state index contributed by atoms with van der Waals surface area (Å²) in [5.74, 6) is 1.000. The number of carbonyl (C=O) groups excluding carboxylic acids is 1. The summed E-state index contributed by atoms with van der Waals surface area (Å²) in [4.78, 5) is 12.3. The van der Waals surface area contributed by atoms with Crippen LogP contribution in [0.15, 0.2) is 60.7 Å². The lowest BCUT2D eigenvalue weighted by atomic mass is 10.1. The summed E-state index contributed by atoms with van der Waals surface area (Å²) in [6.07, 6.45) is 1.96. The number of carbonyl (C=O) groups is 1. The van der Waals surface area contributed by atoms with Crippen LogP contribution in [0.5, 0.6) is 0 Å². The van der Waals surface area contributed by atoms with Crippen molar-refractivity contribution in [3.63, 3.8) is 0 Å². The average molecular weight is 327 g/mol. The number of amides is 1. The third kappa shape index (κ3) is 6.49. The molecule has 1 N–H and O–H groups in total. The third-order valence-corrected chi connectivity index (χ3v) is 5.02. The molecule has 0 fully saturated rings. The highest BCUT2D eigenvalue weighted by molar-refractivity contribution is 7.99. The lowest BCUT2D eigenvalue weighted by molar-refractivity contribution is -0.120. The van der Waals surface area contributed by atoms with Gasteiger partial charge in [-0.15, -0.1) is 11.8 Å². The first-order valence-corrected chi connectivity index (χ1v) is 9.20. The van der Waals surface area contributed by atoms with E-state index in [-0.39, 0.29) is 17.2 Å². The first kappa shape index (κ1) is 17.6. The second-order valence-corrected chi connectivity index (χ2v) is 7.20. The molecule has 23 heavy (non-hydrogen) atoms. The van der Waals surface area contributed by atoms with Crippen molar-refractivity contribution >= 4 is 17.7 Å². The van der Waals surface area contributed by atoms with Gasteiger partial charge in [0.05, 0.1) is 5.25 Å². The Morgan fingerprint density at radius 2 is 1.52 bits per heavy atom. The van der Waals surface area contributed by atoms with E-state index in [4.69, 9.17) is 0 Å². The van der Waals surface area contributed by atoms with Crippen molar-refractivity contribution in [2.24, 2.45) is 0 Å². The Kier molecular flexibility index (Phi) is 7.21. The van der Waals surface area contributed by atoms with E-state index in [2.05, 4.69) is 48.6 Å². The van der Waals surface area contributed by atoms with Crippen molar-refractivity contribution in [3.8, 4) is 0 Å². The minimum absolute atomic E-state index is 0.0330. The molecular weight excluding hydrogens is 302 g/mol. The second kappa shape index (κ2) is 9.41. The van der Waals surface area contributed by atoms with E-state index >= 15 is 0 Å². The molecule has 1 amide bonds. The summed E-state index contributed by atoms with van der Waals surface area (Å²) in [6.45, 7) is 4.06. The van der Waals surface area contributed by atoms with Gasteiger partial charge in [0.25, 0.3) is 0 Å². The van der Waals surface area contributed by atoms with Gasteiger partial charge in [0, 0.05) is 11.8 Å². The Hall–Kier alpha value is -1.74. The fourth-order valence-electron chi connectivity index (χ4n) is 2.33. The quantitative estimate of drug-likeness (QED) is 0.776. The SMILES string of the molecule is CC(CCc1ccccc1)NC(=O)C(C)SCc1ccccc1. The molecule has 2 aromatic rings. The van der Waals surface area contributed by atoms with Crippen LogP contribution in [0, 0.1) is 0 Å². The van der Waals surface area contributed by atoms with Crippen molar-refractivity contribution in [2.45, 2.75) is 43.7 Å². The van der Waals surface area contributed by atoms with E-state index in [1.165, 1.54) is 11.1 Å². The Balaban J connectivity index is 1.70. The summed E-state index contributed by atoms with van der Waals surface area (Å²) in [7, 11) is 0. The largest absolute Gasteiger partial charge is 0.353 e. The van der Waals surface area contributed by atoms with E-state index in [1.54, 1.807) is 11.8 Å². The monoisotopic (exact) mass is 327 g/mol. The minimum atomic E-state index is -0.0330. The summed E-state index contributed by atoms with van der Waals surface area (Å²) < 4.78 is 0. The Bertz CT molecular complexity index is 585. The lowest BCUT2D eigenvalue weighted by Gasteiger charge is -2.17. The van der Waals surface area contributed by atoms with Gasteiger partial charge in [-0.2, -0.15) is 0 Å². The lowest BCUT2D eigenvalue weighted by Crippen LogP contribution is -2.37. The molecule has 2 nitrogen and oxygen atoms in total. The van der Waals surface area contributed by atoms with E-state index < -0.39 is 0 Å². The molecule has 0 aliphatic carbocycles. The van der Waals surface area contributed by atoms with Crippen molar-refractivity contribution in [3.05, 3.63) is 71.8 Å². The topological polar surface area (TPSA) is 29.1 Å². The van der Waals surface area contributed by atoms with Crippen molar-refractivity contribution in [2.75, 3.05) is 0 Å². The molecule has 2 atom stereocenters. The van der Waals surface area contributed by atoms with E-state index in [1.807, 2.05) is 31.2 Å². The van der Waals surface area contributed by atoms with Gasteiger partial charge in [0.1, 0.15) is 0 Å². The summed E-state index contributed by atoms with van der Waals surface area (Å²) in [6, 6.07) is 20.9. The van der Waals surface area contributed by atoms with E-state index in [0.29, 0.717) is 0 Å². The fraction of sp³-hybridized carbons (Fsp3) is 0.350. The Labute approximate surface area is 143 Å². The average Bonchev–Trinajstić information content (AvgIpc) is 2.59. The Morgan fingerprint density at radius 3 is 2.13 bits per heavy atom. The van der Waals surface area contributed by atoms with Crippen LogP contribution in [-0.4, -0.2) is 17.2 Å². The molecule has 0 spiro atoms. The van der Waals surface area contributed by atoms with Crippen LogP contribution in [0.4, 0.5) is 0 Å². The zero-order valence-corrected chi connectivity index (χ0v) is 14.7. The van der Waals surface area contributed by atoms with Crippen LogP contribution in [0.1, 0.15) is 31.4 Å². The highest BCUT2D eigenvalue weighted by Gasteiger charge is 2.15. The molecule has 0 aliphatic heterocycles. The van der Waals surface area contributed by atoms with Crippen LogP contribution in [0.25, 0.3) is 0 Å². The second-order valence-electron chi connectivity index (χ2n) is 5.87. The van der Waals surface area contributed by atoms with Crippen LogP contribution < -0.4 is 5.32 Å². The van der Waals surface area contributed by atoms with Crippen LogP contribution in [0.3, 0.4) is 0 Å². The number of nitrogens with one attached hydrogen (secondary N) is 1. The maximum Gasteiger partial charge on any atom is 0.233 e. The molecule has 0 radical (unpaired) electrons. The third-order valence-electron chi connectivity index (χ3n) is 3.81. The van der Waals surface area contributed by atoms with Crippen LogP contribution >= 0.6 is 11.8 Å². The molecule has 0 heterocycles. The van der Waals surface area contributed by atoms with Gasteiger partial charge in [-0.25, -0.2) is 0 Å². The molecule has 0 aliphatic rings. The zero-order chi connectivity index (χ0) is 16.5. The number of benzene rings is 2. The minimum Gasteiger partial charge on any atom is -0.353 e. The fourth-order valence-corrected chi connectivity index (χ4v) is 3.19. The molecule has 122 valence electrons. The van der Waals surface area contributed by atoms with Crippen molar-refractivity contribution in [1.82, 2.24) is 5.32 Å². The van der Waals surface area contributed by atoms with Crippen molar-refractivity contribution in [1.29, 1.82) is 0 Å². The number of rotatable bonds is 8. The van der Waals surface area contributed by atoms with Crippen LogP contribution in [0.2, 0.25) is 0 Å². The van der Waals surface area contributed by atoms with Gasteiger partial charge in [0.15, 0.2) is 0 Å². The van der Waals surface area contributed by atoms with Gasteiger partial charge in [-0.1, -0.05) is 60.7 Å². The maximum atomic E-state index is 12.3. The highest BCUT2D eigenvalue weighted by Crippen LogP contribution is 2.18. The smallest absolute Gasteiger partial charge is 0.233 e. The first-order valence-electron chi connectivity index (χ1n) is 8.15. The molecular formula is C20H25NOS. The number of hydrogen-bond donors (Lipinski definition) is 1. The zero-order valence-electron chi connectivity index (χ0n) is 13.9. The predicted molar refractivity (Wildman–Crippen MR) is 99.6 cm³/mol. The summed E-state index contributed by atoms with van der Waals surface area (Å²) >= 11 is 1.68. The standard InChI is InChI=1S/C20H25NOS/c1-16(13-14-18-9-5-3-6-10-18)21-20(22)17(2)23-15-19-11-7-4-8-12-19/h3-12,16-17H,13-15H2,1-2H3,(H,21,22). The summed E-state index contributed by atoms with van der Waals surface area (Å²) in [5.41, 5.74) is 2.58. The summed E-state index contributed by atoms with van der Waals surface area (Å²) in [5, 5.41) is 3.09. The molecule has 2 unspecified atom stereocenters. The number of thioether (sulfide) groups is 1. The van der Waals surface area contributed by atoms with Crippen LogP contribution in [-0.2, 0) is 17.0 Å². The number of hydrogen-bond acceptors (Lipinski definition) is 2. The normalized spacial score (nSPS) is 13.3. The molecule has 0 saturated heterocycles. The van der Waals surface area contributed by atoms with Gasteiger partial charge >= 0.3 is 0 Å². The number of aryl methyl sites for hydroxylation is 1. The van der Waals surface area contributed by atoms with E-state index in [9.17, 15) is 4.79 Å². The molecule has 2 aromatic carbocycles. The van der Waals surface area contributed by atoms with Crippen molar-refractivity contribution < 1.29 is 4.79 Å². The van der Waals surface area contributed by atoms with Gasteiger partial charge < -0.3 is 5.32 Å².